The molecule has 0 spiro atoms. The Bertz CT molecular complexity index is 1200. The van der Waals surface area contributed by atoms with Crippen LogP contribution in [0.2, 0.25) is 5.02 Å². The summed E-state index contributed by atoms with van der Waals surface area (Å²) >= 11 is 6.10. The van der Waals surface area contributed by atoms with Crippen LogP contribution < -0.4 is 0 Å². The van der Waals surface area contributed by atoms with Crippen LogP contribution in [0.1, 0.15) is 11.1 Å². The molecular weight excluding hydrogens is 394 g/mol. The minimum absolute atomic E-state index is 0.139. The molecule has 0 aliphatic carbocycles. The number of aromatic amines is 1. The maximum atomic E-state index is 14.7. The van der Waals surface area contributed by atoms with Gasteiger partial charge in [-0.05, 0) is 48.9 Å². The Morgan fingerprint density at radius 3 is 2.54 bits per heavy atom. The molecule has 0 saturated heterocycles. The van der Waals surface area contributed by atoms with Crippen molar-refractivity contribution in [2.45, 2.75) is 13.1 Å². The minimum Gasteiger partial charge on any atom is -0.338 e. The zero-order chi connectivity index (χ0) is 20.1. The van der Waals surface area contributed by atoms with Gasteiger partial charge < -0.3 is 4.98 Å². The van der Waals surface area contributed by atoms with Gasteiger partial charge in [0.05, 0.1) is 32.9 Å². The number of halogens is 5. The molecule has 2 aromatic carbocycles. The first kappa shape index (κ1) is 18.4. The number of alkyl halides is 3. The molecule has 0 unspecified atom stereocenters. The van der Waals surface area contributed by atoms with Gasteiger partial charge in [-0.2, -0.15) is 13.2 Å². The van der Waals surface area contributed by atoms with E-state index in [1.807, 2.05) is 0 Å². The van der Waals surface area contributed by atoms with E-state index in [9.17, 15) is 17.6 Å². The third kappa shape index (κ3) is 3.22. The average molecular weight is 406 g/mol. The van der Waals surface area contributed by atoms with Crippen LogP contribution in [0, 0.1) is 12.7 Å². The van der Waals surface area contributed by atoms with Crippen molar-refractivity contribution in [3.8, 4) is 22.6 Å². The molecule has 0 atom stereocenters. The summed E-state index contributed by atoms with van der Waals surface area (Å²) in [7, 11) is 0. The van der Waals surface area contributed by atoms with Crippen molar-refractivity contribution in [3.63, 3.8) is 0 Å². The molecule has 0 aliphatic heterocycles. The standard InChI is InChI=1S/C20H12ClF4N3/c1-10-7-12(20(23,24)25)9-16-17(10)28-19(27-16)13-5-4-11(8-15(13)22)18-14(21)3-2-6-26-18/h2-9H,1H3,(H,27,28). The molecule has 2 aromatic heterocycles. The number of aromatic nitrogens is 3. The van der Waals surface area contributed by atoms with E-state index in [1.54, 1.807) is 24.4 Å². The number of fused-ring (bicyclic) bond motifs is 1. The second-order valence-electron chi connectivity index (χ2n) is 6.30. The first-order valence-electron chi connectivity index (χ1n) is 8.22. The maximum Gasteiger partial charge on any atom is 0.416 e. The lowest BCUT2D eigenvalue weighted by Gasteiger charge is -2.07. The predicted molar refractivity (Wildman–Crippen MR) is 99.5 cm³/mol. The molecule has 0 saturated carbocycles. The molecule has 4 aromatic rings. The van der Waals surface area contributed by atoms with E-state index in [0.717, 1.165) is 12.1 Å². The summed E-state index contributed by atoms with van der Waals surface area (Å²) in [5.41, 5.74) is 1.18. The van der Waals surface area contributed by atoms with Gasteiger partial charge in [0.15, 0.2) is 0 Å². The number of aryl methyl sites for hydroxylation is 1. The normalized spacial score (nSPS) is 11.9. The topological polar surface area (TPSA) is 41.6 Å². The Hall–Kier alpha value is -2.93. The van der Waals surface area contributed by atoms with Crippen molar-refractivity contribution in [2.24, 2.45) is 0 Å². The maximum absolute atomic E-state index is 14.7. The Morgan fingerprint density at radius 2 is 1.86 bits per heavy atom. The summed E-state index contributed by atoms with van der Waals surface area (Å²) in [6, 6.07) is 9.71. The zero-order valence-corrected chi connectivity index (χ0v) is 15.2. The van der Waals surface area contributed by atoms with Gasteiger partial charge in [0.2, 0.25) is 0 Å². The van der Waals surface area contributed by atoms with Crippen LogP contribution >= 0.6 is 11.6 Å². The molecule has 1 N–H and O–H groups in total. The van der Waals surface area contributed by atoms with E-state index in [-0.39, 0.29) is 16.9 Å². The third-order valence-electron chi connectivity index (χ3n) is 4.36. The average Bonchev–Trinajstić information content (AvgIpc) is 3.06. The van der Waals surface area contributed by atoms with E-state index in [0.29, 0.717) is 27.4 Å². The Kier molecular flexibility index (Phi) is 4.34. The van der Waals surface area contributed by atoms with E-state index < -0.39 is 17.6 Å². The van der Waals surface area contributed by atoms with E-state index in [4.69, 9.17) is 11.6 Å². The fourth-order valence-corrected chi connectivity index (χ4v) is 3.26. The molecule has 0 fully saturated rings. The van der Waals surface area contributed by atoms with Crippen LogP contribution in [-0.2, 0) is 6.18 Å². The van der Waals surface area contributed by atoms with Crippen LogP contribution in [-0.4, -0.2) is 15.0 Å². The van der Waals surface area contributed by atoms with Crippen LogP contribution in [0.3, 0.4) is 0 Å². The van der Waals surface area contributed by atoms with Crippen molar-refractivity contribution in [2.75, 3.05) is 0 Å². The summed E-state index contributed by atoms with van der Waals surface area (Å²) in [6.07, 6.45) is -2.92. The number of pyridine rings is 1. The lowest BCUT2D eigenvalue weighted by atomic mass is 10.1. The molecular formula is C20H12ClF4N3. The molecule has 3 nitrogen and oxygen atoms in total. The summed E-state index contributed by atoms with van der Waals surface area (Å²) in [4.78, 5) is 11.2. The van der Waals surface area contributed by atoms with Crippen molar-refractivity contribution in [1.29, 1.82) is 0 Å². The largest absolute Gasteiger partial charge is 0.416 e. The number of nitrogens with one attached hydrogen (secondary N) is 1. The Labute approximate surface area is 162 Å². The van der Waals surface area contributed by atoms with Gasteiger partial charge in [0, 0.05) is 11.8 Å². The Morgan fingerprint density at radius 1 is 1.07 bits per heavy atom. The summed E-state index contributed by atoms with van der Waals surface area (Å²) in [5, 5.41) is 0.383. The second-order valence-corrected chi connectivity index (χ2v) is 6.71. The van der Waals surface area contributed by atoms with Crippen LogP contribution in [0.4, 0.5) is 17.6 Å². The molecule has 8 heteroatoms. The fourth-order valence-electron chi connectivity index (χ4n) is 3.03. The second kappa shape index (κ2) is 6.60. The minimum atomic E-state index is -4.47. The summed E-state index contributed by atoms with van der Waals surface area (Å²) < 4.78 is 53.8. The predicted octanol–water partition coefficient (Wildman–Crippen LogP) is 6.41. The first-order valence-corrected chi connectivity index (χ1v) is 8.60. The fraction of sp³-hybridized carbons (Fsp3) is 0.100. The lowest BCUT2D eigenvalue weighted by molar-refractivity contribution is -0.137. The molecule has 142 valence electrons. The SMILES string of the molecule is Cc1cc(C(F)(F)F)cc2[nH]c(-c3ccc(-c4ncccc4Cl)cc3F)nc12. The summed E-state index contributed by atoms with van der Waals surface area (Å²) in [5.74, 6) is -0.444. The van der Waals surface area contributed by atoms with Crippen LogP contribution in [0.15, 0.2) is 48.7 Å². The zero-order valence-electron chi connectivity index (χ0n) is 14.4. The molecule has 0 aliphatic rings. The quantitative estimate of drug-likeness (QED) is 0.391. The van der Waals surface area contributed by atoms with Gasteiger partial charge >= 0.3 is 6.18 Å². The first-order chi connectivity index (χ1) is 13.2. The number of hydrogen-bond acceptors (Lipinski definition) is 2. The van der Waals surface area contributed by atoms with Gasteiger partial charge in [-0.15, -0.1) is 0 Å². The van der Waals surface area contributed by atoms with Gasteiger partial charge in [-0.1, -0.05) is 17.7 Å². The van der Waals surface area contributed by atoms with E-state index >= 15 is 0 Å². The highest BCUT2D eigenvalue weighted by atomic mass is 35.5. The van der Waals surface area contributed by atoms with Crippen molar-refractivity contribution in [3.05, 3.63) is 70.6 Å². The lowest BCUT2D eigenvalue weighted by Crippen LogP contribution is -2.05. The number of H-pyrrole nitrogens is 1. The molecule has 4 rings (SSSR count). The molecule has 0 bridgehead atoms. The number of nitrogens with zero attached hydrogens (tertiary/aromatic N) is 2. The van der Waals surface area contributed by atoms with Crippen LogP contribution in [0.5, 0.6) is 0 Å². The van der Waals surface area contributed by atoms with Crippen molar-refractivity contribution >= 4 is 22.6 Å². The Balaban J connectivity index is 1.80. The van der Waals surface area contributed by atoms with Crippen LogP contribution in [0.25, 0.3) is 33.7 Å². The number of imidazole rings is 1. The van der Waals surface area contributed by atoms with Gasteiger partial charge in [-0.3, -0.25) is 4.98 Å². The molecule has 0 radical (unpaired) electrons. The van der Waals surface area contributed by atoms with Gasteiger partial charge in [-0.25, -0.2) is 9.37 Å². The highest BCUT2D eigenvalue weighted by Gasteiger charge is 2.31. The van der Waals surface area contributed by atoms with E-state index in [2.05, 4.69) is 15.0 Å². The number of hydrogen-bond donors (Lipinski definition) is 1. The smallest absolute Gasteiger partial charge is 0.338 e. The van der Waals surface area contributed by atoms with Gasteiger partial charge in [0.1, 0.15) is 11.6 Å². The van der Waals surface area contributed by atoms with Gasteiger partial charge in [0.25, 0.3) is 0 Å². The number of rotatable bonds is 2. The van der Waals surface area contributed by atoms with E-state index in [1.165, 1.54) is 19.1 Å². The van der Waals surface area contributed by atoms with Crippen molar-refractivity contribution < 1.29 is 17.6 Å². The summed E-state index contributed by atoms with van der Waals surface area (Å²) in [6.45, 7) is 1.53. The highest BCUT2D eigenvalue weighted by molar-refractivity contribution is 6.33. The molecule has 0 amide bonds. The monoisotopic (exact) mass is 405 g/mol. The molecule has 28 heavy (non-hydrogen) atoms. The van der Waals surface area contributed by atoms with Crippen molar-refractivity contribution in [1.82, 2.24) is 15.0 Å². The third-order valence-corrected chi connectivity index (χ3v) is 4.67. The molecule has 2 heterocycles. The highest BCUT2D eigenvalue weighted by Crippen LogP contribution is 2.34. The number of benzene rings is 2.